The van der Waals surface area contributed by atoms with Crippen molar-refractivity contribution in [1.29, 1.82) is 0 Å². The van der Waals surface area contributed by atoms with Crippen molar-refractivity contribution in [3.8, 4) is 5.75 Å². The van der Waals surface area contributed by atoms with Crippen LogP contribution in [0, 0.1) is 13.8 Å². The normalized spacial score (nSPS) is 15.6. The van der Waals surface area contributed by atoms with Crippen molar-refractivity contribution in [2.45, 2.75) is 44.4 Å². The lowest BCUT2D eigenvalue weighted by Gasteiger charge is -2.21. The fourth-order valence-electron chi connectivity index (χ4n) is 3.60. The van der Waals surface area contributed by atoms with Crippen LogP contribution in [0.2, 0.25) is 0 Å². The van der Waals surface area contributed by atoms with E-state index in [0.717, 1.165) is 36.8 Å². The lowest BCUT2D eigenvalue weighted by atomic mass is 10.1. The van der Waals surface area contributed by atoms with E-state index in [1.807, 2.05) is 32.0 Å². The smallest absolute Gasteiger partial charge is 0.259 e. The first-order valence-electron chi connectivity index (χ1n) is 9.90. The van der Waals surface area contributed by atoms with Gasteiger partial charge in [0.05, 0.1) is 17.6 Å². The number of benzene rings is 2. The molecule has 1 aliphatic rings. The van der Waals surface area contributed by atoms with E-state index in [1.165, 1.54) is 23.5 Å². The van der Waals surface area contributed by atoms with Gasteiger partial charge in [-0.05, 0) is 56.5 Å². The van der Waals surface area contributed by atoms with Gasteiger partial charge < -0.3 is 10.1 Å². The molecule has 0 unspecified atom stereocenters. The highest BCUT2D eigenvalue weighted by atomic mass is 32.2. The summed E-state index contributed by atoms with van der Waals surface area (Å²) >= 11 is 0. The molecule has 0 atom stereocenters. The largest absolute Gasteiger partial charge is 0.496 e. The molecule has 1 heterocycles. The minimum Gasteiger partial charge on any atom is -0.496 e. The summed E-state index contributed by atoms with van der Waals surface area (Å²) < 4.78 is 33.1. The molecule has 1 fully saturated rings. The lowest BCUT2D eigenvalue weighted by molar-refractivity contribution is 0.102. The van der Waals surface area contributed by atoms with E-state index in [-0.39, 0.29) is 10.5 Å². The third kappa shape index (κ3) is 4.79. The summed E-state index contributed by atoms with van der Waals surface area (Å²) in [5, 5.41) is 2.87. The molecular weight excluding hydrogens is 388 g/mol. The number of aryl methyl sites for hydroxylation is 2. The van der Waals surface area contributed by atoms with E-state index in [0.29, 0.717) is 24.5 Å². The number of rotatable bonds is 5. The molecular formula is C22H28N2O4S. The minimum absolute atomic E-state index is 0.117. The van der Waals surface area contributed by atoms with Crippen molar-refractivity contribution >= 4 is 21.6 Å². The summed E-state index contributed by atoms with van der Waals surface area (Å²) in [6, 6.07) is 10.2. The van der Waals surface area contributed by atoms with Crippen LogP contribution in [-0.2, 0) is 10.0 Å². The second-order valence-electron chi connectivity index (χ2n) is 7.45. The van der Waals surface area contributed by atoms with Crippen LogP contribution in [-0.4, -0.2) is 38.8 Å². The number of nitrogens with one attached hydrogen (secondary N) is 1. The Kier molecular flexibility index (Phi) is 6.59. The van der Waals surface area contributed by atoms with E-state index >= 15 is 0 Å². The molecule has 0 aromatic heterocycles. The number of anilines is 1. The maximum Gasteiger partial charge on any atom is 0.259 e. The topological polar surface area (TPSA) is 75.7 Å². The number of carbonyl (C=O) groups is 1. The molecule has 2 aromatic carbocycles. The third-order valence-electron chi connectivity index (χ3n) is 5.25. The number of amides is 1. The van der Waals surface area contributed by atoms with Gasteiger partial charge in [0, 0.05) is 18.8 Å². The maximum atomic E-state index is 13.1. The molecule has 0 saturated carbocycles. The molecule has 1 N–H and O–H groups in total. The van der Waals surface area contributed by atoms with Gasteiger partial charge in [-0.1, -0.05) is 30.5 Å². The van der Waals surface area contributed by atoms with Crippen molar-refractivity contribution in [2.24, 2.45) is 0 Å². The summed E-state index contributed by atoms with van der Waals surface area (Å²) in [6.07, 6.45) is 3.79. The van der Waals surface area contributed by atoms with Crippen molar-refractivity contribution < 1.29 is 17.9 Å². The second kappa shape index (κ2) is 8.97. The molecule has 1 saturated heterocycles. The van der Waals surface area contributed by atoms with Crippen LogP contribution >= 0.6 is 0 Å². The Bertz CT molecular complexity index is 994. The van der Waals surface area contributed by atoms with Crippen molar-refractivity contribution in [3.05, 3.63) is 53.1 Å². The zero-order chi connectivity index (χ0) is 21.0. The minimum atomic E-state index is -3.66. The molecule has 6 nitrogen and oxygen atoms in total. The molecule has 1 aliphatic heterocycles. The highest BCUT2D eigenvalue weighted by Crippen LogP contribution is 2.27. The number of ether oxygens (including phenoxy) is 1. The van der Waals surface area contributed by atoms with Crippen LogP contribution < -0.4 is 10.1 Å². The predicted octanol–water partition coefficient (Wildman–Crippen LogP) is 4.13. The fourth-order valence-corrected chi connectivity index (χ4v) is 5.14. The maximum absolute atomic E-state index is 13.1. The highest BCUT2D eigenvalue weighted by molar-refractivity contribution is 7.89. The first-order chi connectivity index (χ1) is 13.8. The summed E-state index contributed by atoms with van der Waals surface area (Å²) in [7, 11) is -2.19. The third-order valence-corrected chi connectivity index (χ3v) is 7.14. The first kappa shape index (κ1) is 21.3. The predicted molar refractivity (Wildman–Crippen MR) is 114 cm³/mol. The zero-order valence-electron chi connectivity index (χ0n) is 17.2. The average Bonchev–Trinajstić information content (AvgIpc) is 2.99. The Morgan fingerprint density at radius 3 is 2.31 bits per heavy atom. The lowest BCUT2D eigenvalue weighted by Crippen LogP contribution is -2.32. The number of hydrogen-bond acceptors (Lipinski definition) is 4. The number of carbonyl (C=O) groups excluding carboxylic acids is 1. The number of sulfonamides is 1. The van der Waals surface area contributed by atoms with Gasteiger partial charge in [-0.2, -0.15) is 4.31 Å². The van der Waals surface area contributed by atoms with Crippen molar-refractivity contribution in [3.63, 3.8) is 0 Å². The van der Waals surface area contributed by atoms with E-state index < -0.39 is 15.9 Å². The van der Waals surface area contributed by atoms with Crippen LogP contribution in [0.15, 0.2) is 41.3 Å². The van der Waals surface area contributed by atoms with Crippen molar-refractivity contribution in [2.75, 3.05) is 25.5 Å². The van der Waals surface area contributed by atoms with Gasteiger partial charge in [-0.15, -0.1) is 0 Å². The fraction of sp³-hybridized carbons (Fsp3) is 0.409. The van der Waals surface area contributed by atoms with Gasteiger partial charge in [0.2, 0.25) is 10.0 Å². The number of methoxy groups -OCH3 is 1. The van der Waals surface area contributed by atoms with Crippen LogP contribution in [0.25, 0.3) is 0 Å². The van der Waals surface area contributed by atoms with Gasteiger partial charge >= 0.3 is 0 Å². The average molecular weight is 417 g/mol. The van der Waals surface area contributed by atoms with Crippen molar-refractivity contribution in [1.82, 2.24) is 4.31 Å². The molecule has 29 heavy (non-hydrogen) atoms. The van der Waals surface area contributed by atoms with Crippen LogP contribution in [0.3, 0.4) is 0 Å². The molecule has 156 valence electrons. The van der Waals surface area contributed by atoms with Crippen LogP contribution in [0.4, 0.5) is 5.69 Å². The molecule has 3 rings (SSSR count). The Morgan fingerprint density at radius 1 is 1.00 bits per heavy atom. The van der Waals surface area contributed by atoms with E-state index in [2.05, 4.69) is 5.32 Å². The summed E-state index contributed by atoms with van der Waals surface area (Å²) in [5.41, 5.74) is 2.92. The van der Waals surface area contributed by atoms with Gasteiger partial charge in [-0.3, -0.25) is 4.79 Å². The van der Waals surface area contributed by atoms with Crippen LogP contribution in [0.1, 0.15) is 47.2 Å². The molecule has 0 spiro atoms. The molecule has 0 bridgehead atoms. The van der Waals surface area contributed by atoms with Gasteiger partial charge in [0.15, 0.2) is 0 Å². The Morgan fingerprint density at radius 2 is 1.69 bits per heavy atom. The molecule has 0 aliphatic carbocycles. The second-order valence-corrected chi connectivity index (χ2v) is 9.39. The Labute approximate surface area is 172 Å². The number of hydrogen-bond donors (Lipinski definition) is 1. The zero-order valence-corrected chi connectivity index (χ0v) is 18.0. The van der Waals surface area contributed by atoms with E-state index in [4.69, 9.17) is 4.74 Å². The standard InChI is InChI=1S/C22H28N2O4S/c1-16-8-10-20(17(2)14-16)23-22(25)19-15-18(9-11-21(19)28-3)29(26,27)24-12-6-4-5-7-13-24/h8-11,14-15H,4-7,12-13H2,1-3H3,(H,23,25). The molecule has 2 aromatic rings. The van der Waals surface area contributed by atoms with Gasteiger partial charge in [0.1, 0.15) is 5.75 Å². The quantitative estimate of drug-likeness (QED) is 0.795. The molecule has 0 radical (unpaired) electrons. The Balaban J connectivity index is 1.93. The summed E-state index contributed by atoms with van der Waals surface area (Å²) in [6.45, 7) is 4.93. The number of nitrogens with zero attached hydrogens (tertiary/aromatic N) is 1. The van der Waals surface area contributed by atoms with Crippen LogP contribution in [0.5, 0.6) is 5.75 Å². The highest BCUT2D eigenvalue weighted by Gasteiger charge is 2.27. The van der Waals surface area contributed by atoms with Gasteiger partial charge in [0.25, 0.3) is 5.91 Å². The molecule has 7 heteroatoms. The van der Waals surface area contributed by atoms with E-state index in [9.17, 15) is 13.2 Å². The first-order valence-corrected chi connectivity index (χ1v) is 11.3. The molecule has 1 amide bonds. The summed E-state index contributed by atoms with van der Waals surface area (Å²) in [5.74, 6) is -0.0659. The van der Waals surface area contributed by atoms with E-state index in [1.54, 1.807) is 6.07 Å². The Hall–Kier alpha value is -2.38. The monoisotopic (exact) mass is 416 g/mol. The summed E-state index contributed by atoms with van der Waals surface area (Å²) in [4.78, 5) is 13.1. The SMILES string of the molecule is COc1ccc(S(=O)(=O)N2CCCCCC2)cc1C(=O)Nc1ccc(C)cc1C. The van der Waals surface area contributed by atoms with Gasteiger partial charge in [-0.25, -0.2) is 8.42 Å².